The summed E-state index contributed by atoms with van der Waals surface area (Å²) < 4.78 is 0. The molecule has 0 aliphatic rings. The van der Waals surface area contributed by atoms with Crippen LogP contribution >= 0.6 is 11.8 Å². The van der Waals surface area contributed by atoms with Crippen LogP contribution in [0, 0.1) is 5.92 Å². The zero-order valence-corrected chi connectivity index (χ0v) is 19.3. The molecule has 0 aromatic heterocycles. The summed E-state index contributed by atoms with van der Waals surface area (Å²) in [5.41, 5.74) is 10.7. The van der Waals surface area contributed by atoms with E-state index in [0.29, 0.717) is 5.75 Å². The molecule has 0 aliphatic carbocycles. The summed E-state index contributed by atoms with van der Waals surface area (Å²) in [4.78, 5) is 60.0. The van der Waals surface area contributed by atoms with Gasteiger partial charge in [0.2, 0.25) is 23.6 Å². The second-order valence-corrected chi connectivity index (χ2v) is 8.71. The van der Waals surface area contributed by atoms with Gasteiger partial charge in [-0.2, -0.15) is 11.8 Å². The van der Waals surface area contributed by atoms with E-state index in [1.807, 2.05) is 20.1 Å². The molecule has 4 amide bonds. The average molecular weight is 462 g/mol. The van der Waals surface area contributed by atoms with Crippen LogP contribution < -0.4 is 27.4 Å². The normalized spacial score (nSPS) is 14.8. The first kappa shape index (κ1) is 28.7. The molecule has 4 atom stereocenters. The monoisotopic (exact) mass is 461 g/mol. The number of carbonyl (C=O) groups excluding carboxylic acids is 4. The van der Waals surface area contributed by atoms with Crippen molar-refractivity contribution in [1.29, 1.82) is 0 Å². The van der Waals surface area contributed by atoms with Crippen molar-refractivity contribution in [3.8, 4) is 0 Å². The van der Waals surface area contributed by atoms with Crippen LogP contribution in [0.25, 0.3) is 0 Å². The number of carboxylic acid groups (broad SMARTS) is 1. The van der Waals surface area contributed by atoms with E-state index in [-0.39, 0.29) is 31.6 Å². The second-order valence-electron chi connectivity index (χ2n) is 7.73. The predicted molar refractivity (Wildman–Crippen MR) is 118 cm³/mol. The van der Waals surface area contributed by atoms with E-state index in [1.54, 1.807) is 0 Å². The molecular formula is C19H35N5O6S. The largest absolute Gasteiger partial charge is 0.480 e. The molecule has 0 aromatic rings. The maximum atomic E-state index is 12.8. The highest BCUT2D eigenvalue weighted by molar-refractivity contribution is 7.98. The van der Waals surface area contributed by atoms with E-state index in [9.17, 15) is 29.1 Å². The Hall–Kier alpha value is -2.34. The van der Waals surface area contributed by atoms with Crippen molar-refractivity contribution in [2.75, 3.05) is 12.0 Å². The molecule has 0 rings (SSSR count). The molecule has 11 nitrogen and oxygen atoms in total. The number of primary amides is 1. The number of rotatable bonds is 15. The minimum Gasteiger partial charge on any atom is -0.480 e. The third-order valence-electron chi connectivity index (χ3n) is 4.29. The van der Waals surface area contributed by atoms with Gasteiger partial charge in [-0.1, -0.05) is 13.8 Å². The van der Waals surface area contributed by atoms with Crippen molar-refractivity contribution in [3.63, 3.8) is 0 Å². The number of hydrogen-bond acceptors (Lipinski definition) is 7. The van der Waals surface area contributed by atoms with Gasteiger partial charge in [-0.25, -0.2) is 4.79 Å². The fourth-order valence-corrected chi connectivity index (χ4v) is 3.07. The van der Waals surface area contributed by atoms with Crippen LogP contribution in [-0.2, 0) is 24.0 Å². The summed E-state index contributed by atoms with van der Waals surface area (Å²) in [6.07, 6.45) is 2.08. The van der Waals surface area contributed by atoms with E-state index in [4.69, 9.17) is 11.5 Å². The molecule has 0 aromatic carbocycles. The molecule has 0 radical (unpaired) electrons. The number of carboxylic acids is 1. The summed E-state index contributed by atoms with van der Waals surface area (Å²) in [5.74, 6) is -3.19. The van der Waals surface area contributed by atoms with Gasteiger partial charge in [0, 0.05) is 6.42 Å². The Morgan fingerprint density at radius 1 is 0.871 bits per heavy atom. The van der Waals surface area contributed by atoms with Crippen molar-refractivity contribution in [2.24, 2.45) is 17.4 Å². The third kappa shape index (κ3) is 12.2. The Morgan fingerprint density at radius 3 is 1.84 bits per heavy atom. The van der Waals surface area contributed by atoms with Crippen LogP contribution in [0.4, 0.5) is 0 Å². The third-order valence-corrected chi connectivity index (χ3v) is 4.94. The number of thioether (sulfide) groups is 1. The van der Waals surface area contributed by atoms with Crippen molar-refractivity contribution in [1.82, 2.24) is 16.0 Å². The van der Waals surface area contributed by atoms with Crippen molar-refractivity contribution in [3.05, 3.63) is 0 Å². The van der Waals surface area contributed by atoms with Gasteiger partial charge < -0.3 is 32.5 Å². The summed E-state index contributed by atoms with van der Waals surface area (Å²) in [5, 5.41) is 16.8. The van der Waals surface area contributed by atoms with Gasteiger partial charge in [0.15, 0.2) is 0 Å². The molecule has 178 valence electrons. The van der Waals surface area contributed by atoms with Gasteiger partial charge in [0.1, 0.15) is 18.1 Å². The highest BCUT2D eigenvalue weighted by Gasteiger charge is 2.30. The number of nitrogens with two attached hydrogens (primary N) is 2. The lowest BCUT2D eigenvalue weighted by Crippen LogP contribution is -2.57. The van der Waals surface area contributed by atoms with E-state index >= 15 is 0 Å². The Bertz CT molecular complexity index is 643. The van der Waals surface area contributed by atoms with Crippen molar-refractivity contribution in [2.45, 2.75) is 70.6 Å². The summed E-state index contributed by atoms with van der Waals surface area (Å²) >= 11 is 1.45. The Morgan fingerprint density at radius 2 is 1.39 bits per heavy atom. The van der Waals surface area contributed by atoms with E-state index in [1.165, 1.54) is 18.7 Å². The maximum Gasteiger partial charge on any atom is 0.326 e. The highest BCUT2D eigenvalue weighted by Crippen LogP contribution is 2.09. The lowest BCUT2D eigenvalue weighted by Gasteiger charge is -2.25. The Balaban J connectivity index is 5.42. The fraction of sp³-hybridized carbons (Fsp3) is 0.737. The van der Waals surface area contributed by atoms with Crippen LogP contribution in [0.15, 0.2) is 0 Å². The lowest BCUT2D eigenvalue weighted by atomic mass is 10.0. The minimum absolute atomic E-state index is 0.00764. The molecular weight excluding hydrogens is 426 g/mol. The number of carbonyl (C=O) groups is 5. The quantitative estimate of drug-likeness (QED) is 0.177. The van der Waals surface area contributed by atoms with E-state index in [2.05, 4.69) is 16.0 Å². The summed E-state index contributed by atoms with van der Waals surface area (Å²) in [6.45, 7) is 5.13. The maximum absolute atomic E-state index is 12.8. The van der Waals surface area contributed by atoms with Gasteiger partial charge in [0.05, 0.1) is 6.04 Å². The Kier molecular flexibility index (Phi) is 13.5. The number of amides is 4. The Labute approximate surface area is 186 Å². The molecule has 0 heterocycles. The summed E-state index contributed by atoms with van der Waals surface area (Å²) in [6, 6.07) is -4.12. The van der Waals surface area contributed by atoms with Gasteiger partial charge in [-0.05, 0) is 44.1 Å². The van der Waals surface area contributed by atoms with Gasteiger partial charge in [0.25, 0.3) is 0 Å². The molecule has 12 heteroatoms. The van der Waals surface area contributed by atoms with Gasteiger partial charge >= 0.3 is 5.97 Å². The smallest absolute Gasteiger partial charge is 0.326 e. The van der Waals surface area contributed by atoms with Crippen LogP contribution in [0.5, 0.6) is 0 Å². The first-order valence-corrected chi connectivity index (χ1v) is 11.4. The number of hydrogen-bond donors (Lipinski definition) is 6. The van der Waals surface area contributed by atoms with Crippen LogP contribution in [-0.4, -0.2) is 70.9 Å². The molecule has 0 saturated heterocycles. The summed E-state index contributed by atoms with van der Waals surface area (Å²) in [7, 11) is 0. The second kappa shape index (κ2) is 14.6. The zero-order chi connectivity index (χ0) is 24.1. The van der Waals surface area contributed by atoms with Crippen LogP contribution in [0.1, 0.15) is 46.5 Å². The lowest BCUT2D eigenvalue weighted by molar-refractivity contribution is -0.142. The predicted octanol–water partition coefficient (Wildman–Crippen LogP) is -1.06. The van der Waals surface area contributed by atoms with Crippen molar-refractivity contribution < 1.29 is 29.1 Å². The molecule has 8 N–H and O–H groups in total. The standard InChI is InChI=1S/C19H35N5O6S/c1-10(2)9-14(18(28)23-13(19(29)30)7-8-31-4)24-17(27)12(5-6-15(21)25)22-16(26)11(3)20/h10-14H,5-9,20H2,1-4H3,(H2,21,25)(H,22,26)(H,23,28)(H,24,27)(H,29,30). The number of aliphatic carboxylic acids is 1. The fourth-order valence-electron chi connectivity index (χ4n) is 2.60. The first-order chi connectivity index (χ1) is 14.4. The molecule has 0 fully saturated rings. The van der Waals surface area contributed by atoms with Crippen LogP contribution in [0.2, 0.25) is 0 Å². The molecule has 31 heavy (non-hydrogen) atoms. The zero-order valence-electron chi connectivity index (χ0n) is 18.5. The van der Waals surface area contributed by atoms with Gasteiger partial charge in [-0.3, -0.25) is 19.2 Å². The molecule has 0 bridgehead atoms. The average Bonchev–Trinajstić information content (AvgIpc) is 2.66. The molecule has 0 spiro atoms. The van der Waals surface area contributed by atoms with E-state index < -0.39 is 53.8 Å². The minimum atomic E-state index is -1.17. The topological polar surface area (TPSA) is 194 Å². The number of nitrogens with one attached hydrogen (secondary N) is 3. The highest BCUT2D eigenvalue weighted by atomic mass is 32.2. The van der Waals surface area contributed by atoms with Gasteiger partial charge in [-0.15, -0.1) is 0 Å². The SMILES string of the molecule is CSCCC(NC(=O)C(CC(C)C)NC(=O)C(CCC(N)=O)NC(=O)C(C)N)C(=O)O. The molecule has 4 unspecified atom stereocenters. The first-order valence-electron chi connectivity index (χ1n) is 10.1. The van der Waals surface area contributed by atoms with Crippen molar-refractivity contribution >= 4 is 41.4 Å². The molecule has 0 saturated carbocycles. The van der Waals surface area contributed by atoms with E-state index in [0.717, 1.165) is 0 Å². The van der Waals surface area contributed by atoms with Crippen LogP contribution in [0.3, 0.4) is 0 Å². The molecule has 0 aliphatic heterocycles.